The summed E-state index contributed by atoms with van der Waals surface area (Å²) in [6.45, 7) is 2.03. The topological polar surface area (TPSA) is 121 Å². The SMILES string of the molecule is CC(CO)c1cccc(C=O)c1N(C)C.NS(=O)(=O)O. The van der Waals surface area contributed by atoms with E-state index in [2.05, 4.69) is 5.14 Å². The number of nitrogens with two attached hydrogens (primary N) is 1. The van der Waals surface area contributed by atoms with Crippen molar-refractivity contribution in [3.63, 3.8) is 0 Å². The molecule has 0 aliphatic heterocycles. The Balaban J connectivity index is 0.000000621. The summed E-state index contributed by atoms with van der Waals surface area (Å²) in [5.74, 6) is 0.0438. The minimum Gasteiger partial charge on any atom is -0.396 e. The molecule has 0 saturated heterocycles. The molecule has 1 unspecified atom stereocenters. The van der Waals surface area contributed by atoms with E-state index in [0.29, 0.717) is 5.56 Å². The first-order chi connectivity index (χ1) is 9.11. The maximum atomic E-state index is 10.9. The fourth-order valence-electron chi connectivity index (χ4n) is 1.69. The Morgan fingerprint density at radius 2 is 1.90 bits per heavy atom. The Bertz CT molecular complexity index is 535. The molecule has 0 fully saturated rings. The summed E-state index contributed by atoms with van der Waals surface area (Å²) >= 11 is 0. The van der Waals surface area contributed by atoms with Crippen LogP contribution in [0.2, 0.25) is 0 Å². The average molecular weight is 304 g/mol. The van der Waals surface area contributed by atoms with E-state index in [0.717, 1.165) is 17.5 Å². The summed E-state index contributed by atoms with van der Waals surface area (Å²) in [5, 5.41) is 13.0. The maximum Gasteiger partial charge on any atom is 0.330 e. The van der Waals surface area contributed by atoms with Crippen molar-refractivity contribution in [1.29, 1.82) is 0 Å². The number of hydrogen-bond acceptors (Lipinski definition) is 5. The number of benzene rings is 1. The van der Waals surface area contributed by atoms with Gasteiger partial charge in [-0.15, -0.1) is 0 Å². The van der Waals surface area contributed by atoms with Gasteiger partial charge < -0.3 is 10.0 Å². The van der Waals surface area contributed by atoms with Crippen molar-refractivity contribution < 1.29 is 22.9 Å². The zero-order valence-corrected chi connectivity index (χ0v) is 12.5. The lowest BCUT2D eigenvalue weighted by Crippen LogP contribution is -2.15. The third-order valence-corrected chi connectivity index (χ3v) is 2.48. The molecule has 0 bridgehead atoms. The number of aliphatic hydroxyl groups excluding tert-OH is 1. The van der Waals surface area contributed by atoms with Crippen LogP contribution in [-0.2, 0) is 10.3 Å². The van der Waals surface area contributed by atoms with Gasteiger partial charge >= 0.3 is 10.3 Å². The molecule has 1 aromatic carbocycles. The highest BCUT2D eigenvalue weighted by Gasteiger charge is 2.14. The number of rotatable bonds is 4. The molecule has 0 aromatic heterocycles. The number of nitrogens with zero attached hydrogens (tertiary/aromatic N) is 1. The van der Waals surface area contributed by atoms with E-state index in [1.54, 1.807) is 6.07 Å². The van der Waals surface area contributed by atoms with Crippen LogP contribution in [0.15, 0.2) is 18.2 Å². The van der Waals surface area contributed by atoms with Crippen LogP contribution in [0.1, 0.15) is 28.8 Å². The lowest BCUT2D eigenvalue weighted by molar-refractivity contribution is 0.112. The van der Waals surface area contributed by atoms with Gasteiger partial charge in [-0.05, 0) is 11.6 Å². The molecule has 20 heavy (non-hydrogen) atoms. The Kier molecular flexibility index (Phi) is 7.36. The van der Waals surface area contributed by atoms with Gasteiger partial charge in [0.05, 0.1) is 5.69 Å². The van der Waals surface area contributed by atoms with Gasteiger partial charge in [-0.25, -0.2) is 5.14 Å². The zero-order valence-electron chi connectivity index (χ0n) is 11.6. The average Bonchev–Trinajstić information content (AvgIpc) is 2.34. The second-order valence-corrected chi connectivity index (χ2v) is 5.43. The van der Waals surface area contributed by atoms with Gasteiger partial charge in [-0.3, -0.25) is 9.35 Å². The van der Waals surface area contributed by atoms with Crippen LogP contribution < -0.4 is 10.0 Å². The van der Waals surface area contributed by atoms with Crippen LogP contribution in [0.4, 0.5) is 5.69 Å². The van der Waals surface area contributed by atoms with Crippen molar-refractivity contribution in [2.24, 2.45) is 5.14 Å². The number of para-hydroxylation sites is 1. The summed E-state index contributed by atoms with van der Waals surface area (Å²) in [4.78, 5) is 12.8. The van der Waals surface area contributed by atoms with E-state index in [9.17, 15) is 4.79 Å². The first kappa shape index (κ1) is 18.5. The molecule has 0 spiro atoms. The third-order valence-electron chi connectivity index (χ3n) is 2.48. The smallest absolute Gasteiger partial charge is 0.330 e. The Morgan fingerprint density at radius 3 is 2.25 bits per heavy atom. The molecular weight excluding hydrogens is 284 g/mol. The van der Waals surface area contributed by atoms with Crippen LogP contribution in [-0.4, -0.2) is 45.1 Å². The number of aldehydes is 1. The van der Waals surface area contributed by atoms with E-state index >= 15 is 0 Å². The van der Waals surface area contributed by atoms with Gasteiger partial charge in [0.1, 0.15) is 0 Å². The number of carbonyl (C=O) groups is 1. The standard InChI is InChI=1S/C12H17NO2.H3NO3S/c1-9(7-14)11-6-4-5-10(8-15)12(11)13(2)3;1-5(2,3)4/h4-6,8-9,14H,7H2,1-3H3;(H3,1,2,3,4). The summed E-state index contributed by atoms with van der Waals surface area (Å²) in [7, 11) is -0.369. The molecule has 0 radical (unpaired) electrons. The Morgan fingerprint density at radius 1 is 1.40 bits per heavy atom. The largest absolute Gasteiger partial charge is 0.396 e. The zero-order chi connectivity index (χ0) is 15.9. The van der Waals surface area contributed by atoms with E-state index in [1.807, 2.05) is 38.1 Å². The van der Waals surface area contributed by atoms with Crippen LogP contribution in [0, 0.1) is 0 Å². The molecule has 0 aliphatic rings. The van der Waals surface area contributed by atoms with E-state index in [1.165, 1.54) is 0 Å². The van der Waals surface area contributed by atoms with E-state index in [-0.39, 0.29) is 12.5 Å². The molecule has 1 rings (SSSR count). The molecule has 114 valence electrons. The van der Waals surface area contributed by atoms with Crippen LogP contribution in [0.5, 0.6) is 0 Å². The third kappa shape index (κ3) is 6.62. The van der Waals surface area contributed by atoms with Gasteiger partial charge in [0.15, 0.2) is 6.29 Å². The van der Waals surface area contributed by atoms with Gasteiger partial charge in [-0.1, -0.05) is 19.1 Å². The molecular formula is C12H20N2O5S. The second kappa shape index (κ2) is 7.95. The van der Waals surface area contributed by atoms with Gasteiger partial charge in [0, 0.05) is 32.2 Å². The first-order valence-corrected chi connectivity index (χ1v) is 7.23. The molecule has 7 nitrogen and oxygen atoms in total. The van der Waals surface area contributed by atoms with E-state index in [4.69, 9.17) is 18.1 Å². The van der Waals surface area contributed by atoms with Crippen molar-refractivity contribution in [3.05, 3.63) is 29.3 Å². The molecule has 8 heteroatoms. The molecule has 0 aliphatic carbocycles. The summed E-state index contributed by atoms with van der Waals surface area (Å²) < 4.78 is 25.2. The first-order valence-electron chi connectivity index (χ1n) is 5.73. The maximum absolute atomic E-state index is 10.9. The number of carbonyl (C=O) groups excluding carboxylic acids is 1. The number of hydrogen-bond donors (Lipinski definition) is 3. The lowest BCUT2D eigenvalue weighted by atomic mass is 9.96. The van der Waals surface area contributed by atoms with Crippen molar-refractivity contribution in [2.75, 3.05) is 25.6 Å². The minimum atomic E-state index is -4.17. The highest BCUT2D eigenvalue weighted by atomic mass is 32.2. The Hall–Kier alpha value is -1.48. The quantitative estimate of drug-likeness (QED) is 0.547. The second-order valence-electron chi connectivity index (χ2n) is 4.40. The van der Waals surface area contributed by atoms with Crippen LogP contribution >= 0.6 is 0 Å². The number of anilines is 1. The lowest BCUT2D eigenvalue weighted by Gasteiger charge is -2.22. The van der Waals surface area contributed by atoms with Crippen molar-refractivity contribution >= 4 is 22.3 Å². The van der Waals surface area contributed by atoms with Crippen molar-refractivity contribution in [2.45, 2.75) is 12.8 Å². The Labute approximate surface area is 118 Å². The molecule has 0 heterocycles. The monoisotopic (exact) mass is 304 g/mol. The van der Waals surface area contributed by atoms with Gasteiger partial charge in [0.25, 0.3) is 0 Å². The molecule has 4 N–H and O–H groups in total. The predicted molar refractivity (Wildman–Crippen MR) is 77.4 cm³/mol. The molecule has 1 aromatic rings. The number of aliphatic hydroxyl groups is 1. The van der Waals surface area contributed by atoms with Gasteiger partial charge in [-0.2, -0.15) is 8.42 Å². The summed E-state index contributed by atoms with van der Waals surface area (Å²) in [6.07, 6.45) is 0.850. The van der Waals surface area contributed by atoms with Crippen molar-refractivity contribution in [1.82, 2.24) is 0 Å². The highest BCUT2D eigenvalue weighted by Crippen LogP contribution is 2.28. The van der Waals surface area contributed by atoms with E-state index < -0.39 is 10.3 Å². The fourth-order valence-corrected chi connectivity index (χ4v) is 1.69. The van der Waals surface area contributed by atoms with Crippen LogP contribution in [0.3, 0.4) is 0 Å². The summed E-state index contributed by atoms with van der Waals surface area (Å²) in [5.41, 5.74) is 2.57. The van der Waals surface area contributed by atoms with Gasteiger partial charge in [0.2, 0.25) is 0 Å². The fraction of sp³-hybridized carbons (Fsp3) is 0.417. The molecule has 0 saturated carbocycles. The molecule has 0 amide bonds. The predicted octanol–water partition coefficient (Wildman–Crippen LogP) is 0.409. The summed E-state index contributed by atoms with van der Waals surface area (Å²) in [6, 6.07) is 5.58. The molecule has 1 atom stereocenters. The van der Waals surface area contributed by atoms with Crippen LogP contribution in [0.25, 0.3) is 0 Å². The highest BCUT2D eigenvalue weighted by molar-refractivity contribution is 7.83. The normalized spacial score (nSPS) is 12.1. The minimum absolute atomic E-state index is 0.0438. The van der Waals surface area contributed by atoms with Crippen molar-refractivity contribution in [3.8, 4) is 0 Å².